The average molecular weight is 639 g/mol. The third-order valence-electron chi connectivity index (χ3n) is 8.00. The zero-order valence-corrected chi connectivity index (χ0v) is 27.3. The lowest BCUT2D eigenvalue weighted by molar-refractivity contribution is -0.120. The lowest BCUT2D eigenvalue weighted by Gasteiger charge is -2.19. The Morgan fingerprint density at radius 2 is 1.89 bits per heavy atom. The number of anilines is 2. The molecule has 0 fully saturated rings. The van der Waals surface area contributed by atoms with Crippen molar-refractivity contribution in [2.75, 3.05) is 44.0 Å². The number of rotatable bonds is 11. The summed E-state index contributed by atoms with van der Waals surface area (Å²) in [6.07, 6.45) is 6.68. The Labute approximate surface area is 265 Å². The highest BCUT2D eigenvalue weighted by atomic mass is 32.2. The Balaban J connectivity index is 1.57. The number of thiazole rings is 1. The molecule has 1 heterocycles. The van der Waals surface area contributed by atoms with E-state index in [4.69, 9.17) is 14.2 Å². The number of thioether (sulfide) groups is 1. The molecular formula is C32H38N4O6S2. The van der Waals surface area contributed by atoms with Crippen molar-refractivity contribution < 1.29 is 23.8 Å². The lowest BCUT2D eigenvalue weighted by atomic mass is 9.95. The molecule has 2 aliphatic rings. The number of carbonyl (C=O) groups excluding carboxylic acids is 2. The molecule has 2 amide bonds. The largest absolute Gasteiger partial charge is 0.493 e. The van der Waals surface area contributed by atoms with E-state index in [-0.39, 0.29) is 22.9 Å². The normalized spacial score (nSPS) is 15.6. The van der Waals surface area contributed by atoms with Crippen LogP contribution in [0.1, 0.15) is 53.9 Å². The molecule has 44 heavy (non-hydrogen) atoms. The Hall–Kier alpha value is -3.77. The van der Waals surface area contributed by atoms with E-state index in [1.165, 1.54) is 23.1 Å². The second-order valence-electron chi connectivity index (χ2n) is 10.8. The molecule has 2 aliphatic carbocycles. The smallest absolute Gasteiger partial charge is 0.248 e. The van der Waals surface area contributed by atoms with E-state index >= 15 is 0 Å². The molecule has 0 radical (unpaired) electrons. The Bertz CT molecular complexity index is 1600. The van der Waals surface area contributed by atoms with Gasteiger partial charge >= 0.3 is 0 Å². The van der Waals surface area contributed by atoms with Crippen LogP contribution in [0.4, 0.5) is 10.8 Å². The predicted octanol–water partition coefficient (Wildman–Crippen LogP) is 4.98. The van der Waals surface area contributed by atoms with Crippen LogP contribution < -0.4 is 35.6 Å². The number of aromatic nitrogens is 1. The van der Waals surface area contributed by atoms with Gasteiger partial charge in [-0.15, -0.1) is 11.3 Å². The van der Waals surface area contributed by atoms with E-state index in [1.807, 2.05) is 18.4 Å². The van der Waals surface area contributed by atoms with Gasteiger partial charge in [-0.3, -0.25) is 14.4 Å². The average Bonchev–Trinajstić information content (AvgIpc) is 3.52. The number of carbonyl (C=O) groups is 2. The fourth-order valence-electron chi connectivity index (χ4n) is 5.96. The summed E-state index contributed by atoms with van der Waals surface area (Å²) >= 11 is 3.15. The van der Waals surface area contributed by atoms with E-state index in [9.17, 15) is 14.4 Å². The highest BCUT2D eigenvalue weighted by Crippen LogP contribution is 2.50. The molecule has 0 spiro atoms. The highest BCUT2D eigenvalue weighted by molar-refractivity contribution is 7.98. The summed E-state index contributed by atoms with van der Waals surface area (Å²) in [5.74, 6) is 1.73. The minimum absolute atomic E-state index is 0.201. The van der Waals surface area contributed by atoms with E-state index in [0.29, 0.717) is 47.2 Å². The van der Waals surface area contributed by atoms with Crippen LogP contribution in [0, 0.1) is 0 Å². The molecule has 234 valence electrons. The minimum Gasteiger partial charge on any atom is -0.493 e. The molecule has 0 aliphatic heterocycles. The van der Waals surface area contributed by atoms with Crippen LogP contribution in [-0.4, -0.2) is 56.2 Å². The zero-order chi connectivity index (χ0) is 31.4. The SMILES string of the molecule is COc1cc2c(c(OC)c1OC)-c1ccc(N[C@@H](CCSC)C(=O)Nc3nc4c(s3)CCC4)c(=O)cc1[C@@H](NC(C)=O)CC2. The number of methoxy groups -OCH3 is 3. The number of hydrogen-bond acceptors (Lipinski definition) is 10. The molecule has 0 saturated heterocycles. The van der Waals surface area contributed by atoms with Crippen molar-refractivity contribution in [3.8, 4) is 28.4 Å². The Morgan fingerprint density at radius 1 is 1.09 bits per heavy atom. The fraction of sp³-hybridized carbons (Fsp3) is 0.438. The van der Waals surface area contributed by atoms with Crippen LogP contribution in [0.15, 0.2) is 29.1 Å². The number of amides is 2. The summed E-state index contributed by atoms with van der Waals surface area (Å²) in [6, 6.07) is 5.94. The summed E-state index contributed by atoms with van der Waals surface area (Å²) in [5, 5.41) is 9.83. The van der Waals surface area contributed by atoms with Crippen LogP contribution in [0.25, 0.3) is 11.1 Å². The molecule has 2 atom stereocenters. The van der Waals surface area contributed by atoms with Gasteiger partial charge in [0.15, 0.2) is 16.6 Å². The van der Waals surface area contributed by atoms with Crippen molar-refractivity contribution >= 4 is 45.7 Å². The molecular weight excluding hydrogens is 601 g/mol. The van der Waals surface area contributed by atoms with Crippen LogP contribution >= 0.6 is 23.1 Å². The van der Waals surface area contributed by atoms with Crippen LogP contribution in [-0.2, 0) is 28.9 Å². The van der Waals surface area contributed by atoms with Gasteiger partial charge in [0.1, 0.15) is 6.04 Å². The van der Waals surface area contributed by atoms with Gasteiger partial charge in [-0.05, 0) is 85.4 Å². The fourth-order valence-corrected chi connectivity index (χ4v) is 7.48. The maximum atomic E-state index is 13.8. The first-order valence-electron chi connectivity index (χ1n) is 14.6. The van der Waals surface area contributed by atoms with E-state index in [0.717, 1.165) is 47.4 Å². The van der Waals surface area contributed by atoms with Crippen molar-refractivity contribution in [2.45, 2.75) is 57.5 Å². The number of nitrogens with one attached hydrogen (secondary N) is 3. The number of nitrogens with zero attached hydrogens (tertiary/aromatic N) is 1. The van der Waals surface area contributed by atoms with Gasteiger partial charge in [0.05, 0.1) is 38.8 Å². The molecule has 10 nitrogen and oxygen atoms in total. The number of ether oxygens (including phenoxy) is 3. The van der Waals surface area contributed by atoms with Crippen molar-refractivity contribution in [2.24, 2.45) is 0 Å². The summed E-state index contributed by atoms with van der Waals surface area (Å²) in [6.45, 7) is 1.46. The zero-order valence-electron chi connectivity index (χ0n) is 25.6. The maximum Gasteiger partial charge on any atom is 0.248 e. The quantitative estimate of drug-likeness (QED) is 0.266. The van der Waals surface area contributed by atoms with Crippen molar-refractivity contribution in [3.05, 3.63) is 56.2 Å². The second kappa shape index (κ2) is 13.9. The van der Waals surface area contributed by atoms with Crippen LogP contribution in [0.3, 0.4) is 0 Å². The number of hydrogen-bond donors (Lipinski definition) is 3. The van der Waals surface area contributed by atoms with Crippen molar-refractivity contribution in [1.82, 2.24) is 10.3 Å². The van der Waals surface area contributed by atoms with E-state index in [2.05, 4.69) is 20.9 Å². The molecule has 5 rings (SSSR count). The van der Waals surface area contributed by atoms with Crippen molar-refractivity contribution in [3.63, 3.8) is 0 Å². The monoisotopic (exact) mass is 638 g/mol. The summed E-state index contributed by atoms with van der Waals surface area (Å²) < 4.78 is 17.2. The first kappa shape index (κ1) is 31.6. The molecule has 0 unspecified atom stereocenters. The number of benzene rings is 1. The Morgan fingerprint density at radius 3 is 2.57 bits per heavy atom. The van der Waals surface area contributed by atoms with Gasteiger partial charge < -0.3 is 30.2 Å². The third kappa shape index (κ3) is 6.51. The van der Waals surface area contributed by atoms with E-state index in [1.54, 1.807) is 45.2 Å². The Kier molecular flexibility index (Phi) is 10.00. The second-order valence-corrected chi connectivity index (χ2v) is 12.9. The number of fused-ring (bicyclic) bond motifs is 4. The summed E-state index contributed by atoms with van der Waals surface area (Å²) in [5.41, 5.74) is 4.14. The topological polar surface area (TPSA) is 128 Å². The van der Waals surface area contributed by atoms with Crippen LogP contribution in [0.5, 0.6) is 17.2 Å². The minimum atomic E-state index is -0.659. The molecule has 3 aromatic rings. The first-order chi connectivity index (χ1) is 21.3. The van der Waals surface area contributed by atoms with Crippen LogP contribution in [0.2, 0.25) is 0 Å². The van der Waals surface area contributed by atoms with Gasteiger partial charge in [0.25, 0.3) is 0 Å². The van der Waals surface area contributed by atoms with Gasteiger partial charge in [-0.25, -0.2) is 4.98 Å². The maximum absolute atomic E-state index is 13.8. The lowest BCUT2D eigenvalue weighted by Crippen LogP contribution is -2.36. The highest BCUT2D eigenvalue weighted by Gasteiger charge is 2.30. The standard InChI is InChI=1S/C32H38N4O6S2/c1-17(37)33-21-11-9-18-15-26(40-2)29(41-3)30(42-4)28(18)19-10-12-22(25(38)16-20(19)21)34-24(13-14-43-5)31(39)36-32-35-23-7-6-8-27(23)44-32/h10,12,15-16,21,24H,6-9,11,13-14H2,1-5H3,(H,33,37)(H,34,38)(H,35,36,39)/t21-,24-/m0/s1. The predicted molar refractivity (Wildman–Crippen MR) is 176 cm³/mol. The van der Waals surface area contributed by atoms with Crippen molar-refractivity contribution in [1.29, 1.82) is 0 Å². The van der Waals surface area contributed by atoms with Gasteiger partial charge in [-0.1, -0.05) is 6.07 Å². The van der Waals surface area contributed by atoms with Gasteiger partial charge in [0.2, 0.25) is 23.0 Å². The third-order valence-corrected chi connectivity index (χ3v) is 9.72. The molecule has 1 aromatic heterocycles. The molecule has 2 aromatic carbocycles. The molecule has 3 N–H and O–H groups in total. The van der Waals surface area contributed by atoms with Gasteiger partial charge in [0, 0.05) is 17.4 Å². The van der Waals surface area contributed by atoms with E-state index < -0.39 is 12.1 Å². The van der Waals surface area contributed by atoms with Gasteiger partial charge in [-0.2, -0.15) is 11.8 Å². The molecule has 12 heteroatoms. The molecule has 0 bridgehead atoms. The summed E-state index contributed by atoms with van der Waals surface area (Å²) in [4.78, 5) is 45.4. The molecule has 0 saturated carbocycles. The first-order valence-corrected chi connectivity index (χ1v) is 16.8. The number of aryl methyl sites for hydroxylation is 3. The summed E-state index contributed by atoms with van der Waals surface area (Å²) in [7, 11) is 4.68.